The Bertz CT molecular complexity index is 447. The molecule has 0 heterocycles. The molecule has 2 nitrogen and oxygen atoms in total. The third kappa shape index (κ3) is 3.40. The number of carbonyl (C=O) groups is 1. The maximum Gasteiger partial charge on any atom is 0.242 e. The Morgan fingerprint density at radius 3 is 2.67 bits per heavy atom. The Kier molecular flexibility index (Phi) is 4.93. The lowest BCUT2D eigenvalue weighted by molar-refractivity contribution is -0.121. The zero-order valence-corrected chi connectivity index (χ0v) is 12.9. The van der Waals surface area contributed by atoms with Gasteiger partial charge in [-0.1, -0.05) is 46.4 Å². The van der Waals surface area contributed by atoms with Crippen molar-refractivity contribution in [2.75, 3.05) is 0 Å². The molecule has 0 radical (unpaired) electrons. The standard InChI is InChI=1S/C13H14BrCl2NO/c14-11-7-8(15)5-6-10(11)12(16)13(18)17-9-3-1-2-4-9/h5-7,9,12H,1-4H2,(H,17,18). The molecule has 98 valence electrons. The molecule has 1 aliphatic rings. The van der Waals surface area contributed by atoms with Gasteiger partial charge in [-0.3, -0.25) is 4.79 Å². The van der Waals surface area contributed by atoms with Gasteiger partial charge >= 0.3 is 0 Å². The van der Waals surface area contributed by atoms with Crippen LogP contribution in [-0.4, -0.2) is 11.9 Å². The van der Waals surface area contributed by atoms with E-state index in [9.17, 15) is 4.79 Å². The summed E-state index contributed by atoms with van der Waals surface area (Å²) in [5.41, 5.74) is 0.747. The Balaban J connectivity index is 2.05. The Morgan fingerprint density at radius 1 is 1.39 bits per heavy atom. The van der Waals surface area contributed by atoms with Crippen LogP contribution in [0, 0.1) is 0 Å². The predicted molar refractivity (Wildman–Crippen MR) is 78.1 cm³/mol. The summed E-state index contributed by atoms with van der Waals surface area (Å²) in [6.07, 6.45) is 4.47. The van der Waals surface area contributed by atoms with Crippen LogP contribution in [0.2, 0.25) is 5.02 Å². The van der Waals surface area contributed by atoms with Crippen molar-refractivity contribution in [3.63, 3.8) is 0 Å². The summed E-state index contributed by atoms with van der Waals surface area (Å²) >= 11 is 15.5. The number of hydrogen-bond donors (Lipinski definition) is 1. The summed E-state index contributed by atoms with van der Waals surface area (Å²) in [6.45, 7) is 0. The summed E-state index contributed by atoms with van der Waals surface area (Å²) in [7, 11) is 0. The second kappa shape index (κ2) is 6.27. The van der Waals surface area contributed by atoms with Gasteiger partial charge in [0.2, 0.25) is 5.91 Å². The smallest absolute Gasteiger partial charge is 0.242 e. The topological polar surface area (TPSA) is 29.1 Å². The number of benzene rings is 1. The minimum absolute atomic E-state index is 0.133. The van der Waals surface area contributed by atoms with E-state index in [0.29, 0.717) is 5.02 Å². The highest BCUT2D eigenvalue weighted by molar-refractivity contribution is 9.10. The van der Waals surface area contributed by atoms with Crippen LogP contribution < -0.4 is 5.32 Å². The third-order valence-electron chi connectivity index (χ3n) is 3.17. The van der Waals surface area contributed by atoms with Crippen LogP contribution >= 0.6 is 39.1 Å². The molecule has 1 amide bonds. The molecule has 0 aromatic heterocycles. The van der Waals surface area contributed by atoms with Crippen molar-refractivity contribution in [3.05, 3.63) is 33.3 Å². The molecule has 2 rings (SSSR count). The molecule has 0 saturated heterocycles. The molecule has 1 aromatic carbocycles. The number of halogens is 3. The second-order valence-corrected chi connectivity index (χ2v) is 6.25. The largest absolute Gasteiger partial charge is 0.352 e. The van der Waals surface area contributed by atoms with Crippen molar-refractivity contribution in [1.29, 1.82) is 0 Å². The fraction of sp³-hybridized carbons (Fsp3) is 0.462. The summed E-state index contributed by atoms with van der Waals surface area (Å²) in [5, 5.41) is 2.93. The molecule has 1 unspecified atom stereocenters. The fourth-order valence-corrected chi connectivity index (χ4v) is 3.49. The van der Waals surface area contributed by atoms with Crippen molar-refractivity contribution in [2.45, 2.75) is 37.1 Å². The van der Waals surface area contributed by atoms with Crippen LogP contribution in [0.5, 0.6) is 0 Å². The molecule has 1 aromatic rings. The molecule has 0 bridgehead atoms. The van der Waals surface area contributed by atoms with Gasteiger partial charge in [0.1, 0.15) is 5.38 Å². The van der Waals surface area contributed by atoms with Gasteiger partial charge in [0, 0.05) is 15.5 Å². The third-order valence-corrected chi connectivity index (χ3v) is 4.52. The first-order chi connectivity index (χ1) is 8.58. The van der Waals surface area contributed by atoms with Crippen LogP contribution in [0.1, 0.15) is 36.6 Å². The van der Waals surface area contributed by atoms with Crippen LogP contribution in [0.4, 0.5) is 0 Å². The van der Waals surface area contributed by atoms with Gasteiger partial charge in [0.05, 0.1) is 0 Å². The first-order valence-corrected chi connectivity index (χ1v) is 7.58. The minimum Gasteiger partial charge on any atom is -0.352 e. The summed E-state index contributed by atoms with van der Waals surface area (Å²) in [5.74, 6) is -0.133. The van der Waals surface area contributed by atoms with E-state index in [1.165, 1.54) is 12.8 Å². The van der Waals surface area contributed by atoms with Crippen molar-refractivity contribution in [1.82, 2.24) is 5.32 Å². The first kappa shape index (κ1) is 14.2. The second-order valence-electron chi connectivity index (χ2n) is 4.52. The lowest BCUT2D eigenvalue weighted by Gasteiger charge is -2.16. The van der Waals surface area contributed by atoms with E-state index in [2.05, 4.69) is 21.2 Å². The number of hydrogen-bond acceptors (Lipinski definition) is 1. The van der Waals surface area contributed by atoms with Crippen molar-refractivity contribution < 1.29 is 4.79 Å². The van der Waals surface area contributed by atoms with E-state index in [0.717, 1.165) is 22.9 Å². The molecular formula is C13H14BrCl2NO. The van der Waals surface area contributed by atoms with Crippen molar-refractivity contribution in [2.24, 2.45) is 0 Å². The maximum absolute atomic E-state index is 12.0. The van der Waals surface area contributed by atoms with E-state index in [1.54, 1.807) is 18.2 Å². The molecule has 1 aliphatic carbocycles. The molecule has 0 aliphatic heterocycles. The highest BCUT2D eigenvalue weighted by atomic mass is 79.9. The maximum atomic E-state index is 12.0. The molecule has 0 spiro atoms. The van der Waals surface area contributed by atoms with Gasteiger partial charge in [-0.05, 0) is 30.5 Å². The SMILES string of the molecule is O=C(NC1CCCC1)C(Cl)c1ccc(Cl)cc1Br. The molecule has 18 heavy (non-hydrogen) atoms. The normalized spacial score (nSPS) is 17.7. The molecule has 1 atom stereocenters. The number of rotatable bonds is 3. The molecule has 1 fully saturated rings. The van der Waals surface area contributed by atoms with Crippen molar-refractivity contribution >= 4 is 45.0 Å². The minimum atomic E-state index is -0.683. The Hall–Kier alpha value is -0.250. The average molecular weight is 351 g/mol. The Labute approximate surface area is 125 Å². The van der Waals surface area contributed by atoms with E-state index < -0.39 is 5.38 Å². The van der Waals surface area contributed by atoms with Crippen LogP contribution in [0.3, 0.4) is 0 Å². The molecule has 1 saturated carbocycles. The first-order valence-electron chi connectivity index (χ1n) is 5.97. The molecule has 1 N–H and O–H groups in total. The zero-order chi connectivity index (χ0) is 13.1. The van der Waals surface area contributed by atoms with Gasteiger partial charge in [0.25, 0.3) is 0 Å². The van der Waals surface area contributed by atoms with Gasteiger partial charge in [-0.15, -0.1) is 11.6 Å². The van der Waals surface area contributed by atoms with E-state index in [-0.39, 0.29) is 11.9 Å². The summed E-state index contributed by atoms with van der Waals surface area (Å²) < 4.78 is 0.761. The number of carbonyl (C=O) groups excluding carboxylic acids is 1. The van der Waals surface area contributed by atoms with E-state index in [4.69, 9.17) is 23.2 Å². The highest BCUT2D eigenvalue weighted by Gasteiger charge is 2.24. The van der Waals surface area contributed by atoms with Crippen LogP contribution in [0.25, 0.3) is 0 Å². The summed E-state index contributed by atoms with van der Waals surface area (Å²) in [6, 6.07) is 5.54. The van der Waals surface area contributed by atoms with Gasteiger partial charge in [-0.2, -0.15) is 0 Å². The number of alkyl halides is 1. The molecule has 5 heteroatoms. The zero-order valence-electron chi connectivity index (χ0n) is 9.76. The van der Waals surface area contributed by atoms with E-state index >= 15 is 0 Å². The highest BCUT2D eigenvalue weighted by Crippen LogP contribution is 2.31. The van der Waals surface area contributed by atoms with Crippen LogP contribution in [-0.2, 0) is 4.79 Å². The summed E-state index contributed by atoms with van der Waals surface area (Å²) in [4.78, 5) is 12.0. The quantitative estimate of drug-likeness (QED) is 0.802. The fourth-order valence-electron chi connectivity index (χ4n) is 2.19. The monoisotopic (exact) mass is 349 g/mol. The lowest BCUT2D eigenvalue weighted by atomic mass is 10.1. The predicted octanol–water partition coefficient (Wildman–Crippen LogP) is 4.44. The van der Waals surface area contributed by atoms with Gasteiger partial charge in [0.15, 0.2) is 0 Å². The number of nitrogens with one attached hydrogen (secondary N) is 1. The van der Waals surface area contributed by atoms with Gasteiger partial charge in [-0.25, -0.2) is 0 Å². The Morgan fingerprint density at radius 2 is 2.06 bits per heavy atom. The van der Waals surface area contributed by atoms with Crippen LogP contribution in [0.15, 0.2) is 22.7 Å². The lowest BCUT2D eigenvalue weighted by Crippen LogP contribution is -2.35. The average Bonchev–Trinajstić information content (AvgIpc) is 2.81. The van der Waals surface area contributed by atoms with Gasteiger partial charge < -0.3 is 5.32 Å². The van der Waals surface area contributed by atoms with E-state index in [1.807, 2.05) is 0 Å². The number of amides is 1. The molecular weight excluding hydrogens is 337 g/mol. The van der Waals surface area contributed by atoms with Crippen molar-refractivity contribution in [3.8, 4) is 0 Å².